The highest BCUT2D eigenvalue weighted by atomic mass is 16.6. The minimum atomic E-state index is -1.14. The van der Waals surface area contributed by atoms with Gasteiger partial charge in [0.15, 0.2) is 0 Å². The van der Waals surface area contributed by atoms with Gasteiger partial charge < -0.3 is 25.2 Å². The van der Waals surface area contributed by atoms with Crippen molar-refractivity contribution < 1.29 is 24.2 Å². The molecule has 0 unspecified atom stereocenters. The lowest BCUT2D eigenvalue weighted by atomic mass is 9.91. The van der Waals surface area contributed by atoms with Gasteiger partial charge in [-0.15, -0.1) is 0 Å². The third-order valence-corrected chi connectivity index (χ3v) is 2.86. The van der Waals surface area contributed by atoms with Crippen LogP contribution in [0, 0.1) is 0 Å². The van der Waals surface area contributed by atoms with Crippen molar-refractivity contribution in [1.29, 1.82) is 0 Å². The predicted molar refractivity (Wildman–Crippen MR) is 72.8 cm³/mol. The first-order chi connectivity index (χ1) is 8.98. The Kier molecular flexibility index (Phi) is 4.86. The fourth-order valence-electron chi connectivity index (χ4n) is 2.07. The third-order valence-electron chi connectivity index (χ3n) is 2.86. The van der Waals surface area contributed by atoms with Gasteiger partial charge in [-0.3, -0.25) is 0 Å². The Hall–Kier alpha value is -1.50. The van der Waals surface area contributed by atoms with Crippen LogP contribution >= 0.6 is 0 Å². The van der Waals surface area contributed by atoms with Crippen molar-refractivity contribution in [3.8, 4) is 0 Å². The maximum atomic E-state index is 11.8. The van der Waals surface area contributed by atoms with Crippen molar-refractivity contribution >= 4 is 12.2 Å². The summed E-state index contributed by atoms with van der Waals surface area (Å²) in [5, 5.41) is 13.9. The molecule has 3 N–H and O–H groups in total. The second-order valence-electron chi connectivity index (χ2n) is 6.58. The first-order valence-electron chi connectivity index (χ1n) is 6.61. The first-order valence-corrected chi connectivity index (χ1v) is 6.61. The van der Waals surface area contributed by atoms with Gasteiger partial charge in [0.2, 0.25) is 0 Å². The van der Waals surface area contributed by atoms with Gasteiger partial charge in [0.1, 0.15) is 5.60 Å². The van der Waals surface area contributed by atoms with E-state index in [4.69, 9.17) is 14.6 Å². The topological polar surface area (TPSA) is 96.9 Å². The Labute approximate surface area is 119 Å². The Morgan fingerprint density at radius 1 is 1.25 bits per heavy atom. The molecule has 0 saturated carbocycles. The summed E-state index contributed by atoms with van der Waals surface area (Å²) in [5.74, 6) is 0. The molecule has 0 aromatic rings. The average molecular weight is 288 g/mol. The number of nitrogens with one attached hydrogen (secondary N) is 2. The highest BCUT2D eigenvalue weighted by Crippen LogP contribution is 2.24. The van der Waals surface area contributed by atoms with E-state index in [9.17, 15) is 9.59 Å². The minimum absolute atomic E-state index is 0.208. The third kappa shape index (κ3) is 5.64. The number of carbonyl (C=O) groups excluding carboxylic acids is 1. The van der Waals surface area contributed by atoms with Crippen LogP contribution in [0.4, 0.5) is 9.59 Å². The lowest BCUT2D eigenvalue weighted by Crippen LogP contribution is -2.60. The van der Waals surface area contributed by atoms with Gasteiger partial charge in [-0.2, -0.15) is 0 Å². The summed E-state index contributed by atoms with van der Waals surface area (Å²) in [4.78, 5) is 22.6. The summed E-state index contributed by atoms with van der Waals surface area (Å²) in [6.07, 6.45) is -1.20. The van der Waals surface area contributed by atoms with Crippen LogP contribution in [-0.4, -0.2) is 47.2 Å². The van der Waals surface area contributed by atoms with E-state index >= 15 is 0 Å². The van der Waals surface area contributed by atoms with Crippen molar-refractivity contribution in [2.24, 2.45) is 0 Å². The summed E-state index contributed by atoms with van der Waals surface area (Å²) in [6.45, 7) is 9.32. The lowest BCUT2D eigenvalue weighted by Gasteiger charge is -2.40. The first kappa shape index (κ1) is 16.6. The Morgan fingerprint density at radius 3 is 2.35 bits per heavy atom. The summed E-state index contributed by atoms with van der Waals surface area (Å²) >= 11 is 0. The monoisotopic (exact) mass is 288 g/mol. The van der Waals surface area contributed by atoms with E-state index in [2.05, 4.69) is 10.6 Å². The molecular formula is C13H24N2O5. The smallest absolute Gasteiger partial charge is 0.407 e. The molecule has 0 aromatic carbocycles. The molecule has 7 heteroatoms. The van der Waals surface area contributed by atoms with Crippen LogP contribution in [0.3, 0.4) is 0 Å². The van der Waals surface area contributed by atoms with E-state index in [1.165, 1.54) is 0 Å². The van der Waals surface area contributed by atoms with Gasteiger partial charge in [-0.05, 0) is 41.0 Å². The van der Waals surface area contributed by atoms with Gasteiger partial charge in [-0.1, -0.05) is 0 Å². The molecular weight excluding hydrogens is 264 g/mol. The molecule has 1 aliphatic rings. The van der Waals surface area contributed by atoms with Crippen molar-refractivity contribution in [3.05, 3.63) is 0 Å². The van der Waals surface area contributed by atoms with Crippen LogP contribution < -0.4 is 10.6 Å². The van der Waals surface area contributed by atoms with Crippen LogP contribution in [0.2, 0.25) is 0 Å². The van der Waals surface area contributed by atoms with Crippen LogP contribution in [0.1, 0.15) is 41.0 Å². The lowest BCUT2D eigenvalue weighted by molar-refractivity contribution is -0.0772. The zero-order valence-corrected chi connectivity index (χ0v) is 12.6. The quantitative estimate of drug-likeness (QED) is 0.718. The zero-order valence-electron chi connectivity index (χ0n) is 12.6. The summed E-state index contributed by atoms with van der Waals surface area (Å²) in [6, 6.07) is -0.863. The normalized spacial score (nSPS) is 25.6. The van der Waals surface area contributed by atoms with Crippen LogP contribution in [-0.2, 0) is 9.47 Å². The molecule has 1 saturated heterocycles. The van der Waals surface area contributed by atoms with Gasteiger partial charge in [0, 0.05) is 0 Å². The summed E-state index contributed by atoms with van der Waals surface area (Å²) in [5.41, 5.74) is -1.02. The highest BCUT2D eigenvalue weighted by molar-refractivity contribution is 5.69. The Balaban J connectivity index is 2.69. The molecule has 20 heavy (non-hydrogen) atoms. The molecule has 1 fully saturated rings. The Bertz CT molecular complexity index is 375. The highest BCUT2D eigenvalue weighted by Gasteiger charge is 2.38. The van der Waals surface area contributed by atoms with Crippen molar-refractivity contribution in [1.82, 2.24) is 10.6 Å². The van der Waals surface area contributed by atoms with Crippen molar-refractivity contribution in [2.45, 2.75) is 64.3 Å². The van der Waals surface area contributed by atoms with E-state index in [1.54, 1.807) is 20.8 Å². The summed E-state index contributed by atoms with van der Waals surface area (Å²) in [7, 11) is 0. The number of rotatable bonds is 2. The molecule has 1 heterocycles. The fourth-order valence-corrected chi connectivity index (χ4v) is 2.07. The molecule has 0 aliphatic carbocycles. The SMILES string of the molecule is CC(C)(C)OC(=O)N[C@@H]1CC(C)(C)OC[C@@H]1NC(=O)O. The second-order valence-corrected chi connectivity index (χ2v) is 6.58. The zero-order chi connectivity index (χ0) is 15.6. The molecule has 116 valence electrons. The number of alkyl carbamates (subject to hydrolysis) is 1. The van der Waals surface area contributed by atoms with Gasteiger partial charge in [0.25, 0.3) is 0 Å². The standard InChI is InChI=1S/C13H24N2O5/c1-12(2,3)20-11(18)15-8-6-13(4,5)19-7-9(8)14-10(16)17/h8-9,14H,6-7H2,1-5H3,(H,15,18)(H,16,17)/t8-,9+/m1/s1. The van der Waals surface area contributed by atoms with E-state index in [0.717, 1.165) is 0 Å². The van der Waals surface area contributed by atoms with E-state index < -0.39 is 29.4 Å². The number of hydrogen-bond donors (Lipinski definition) is 3. The van der Waals surface area contributed by atoms with E-state index in [1.807, 2.05) is 13.8 Å². The number of carbonyl (C=O) groups is 2. The summed E-state index contributed by atoms with van der Waals surface area (Å²) < 4.78 is 10.8. The molecule has 0 spiro atoms. The van der Waals surface area contributed by atoms with Crippen molar-refractivity contribution in [2.75, 3.05) is 6.61 Å². The van der Waals surface area contributed by atoms with Gasteiger partial charge in [0.05, 0.1) is 24.3 Å². The average Bonchev–Trinajstić information content (AvgIpc) is 2.18. The number of ether oxygens (including phenoxy) is 2. The molecule has 2 amide bonds. The molecule has 1 rings (SSSR count). The molecule has 1 aliphatic heterocycles. The second kappa shape index (κ2) is 5.87. The molecule has 2 atom stereocenters. The molecule has 7 nitrogen and oxygen atoms in total. The molecule has 0 bridgehead atoms. The minimum Gasteiger partial charge on any atom is -0.465 e. The maximum absolute atomic E-state index is 11.8. The van der Waals surface area contributed by atoms with Crippen molar-refractivity contribution in [3.63, 3.8) is 0 Å². The largest absolute Gasteiger partial charge is 0.465 e. The van der Waals surface area contributed by atoms with E-state index in [0.29, 0.717) is 6.42 Å². The van der Waals surface area contributed by atoms with E-state index in [-0.39, 0.29) is 12.6 Å². The number of hydrogen-bond acceptors (Lipinski definition) is 4. The van der Waals surface area contributed by atoms with Crippen LogP contribution in [0.25, 0.3) is 0 Å². The number of amides is 2. The van der Waals surface area contributed by atoms with Crippen LogP contribution in [0.5, 0.6) is 0 Å². The molecule has 0 aromatic heterocycles. The number of carboxylic acid groups (broad SMARTS) is 1. The predicted octanol–water partition coefficient (Wildman–Crippen LogP) is 1.71. The Morgan fingerprint density at radius 2 is 1.85 bits per heavy atom. The molecule has 0 radical (unpaired) electrons. The fraction of sp³-hybridized carbons (Fsp3) is 0.846. The van der Waals surface area contributed by atoms with Gasteiger partial charge >= 0.3 is 12.2 Å². The van der Waals surface area contributed by atoms with Crippen LogP contribution in [0.15, 0.2) is 0 Å². The van der Waals surface area contributed by atoms with Gasteiger partial charge in [-0.25, -0.2) is 9.59 Å². The maximum Gasteiger partial charge on any atom is 0.407 e.